The Bertz CT molecular complexity index is 626. The number of carboxylic acid groups (broad SMARTS) is 1. The van der Waals surface area contributed by atoms with E-state index in [9.17, 15) is 31.5 Å². The van der Waals surface area contributed by atoms with Crippen LogP contribution in [0.1, 0.15) is 12.0 Å². The van der Waals surface area contributed by atoms with Crippen molar-refractivity contribution in [1.82, 2.24) is 4.90 Å². The van der Waals surface area contributed by atoms with Gasteiger partial charge in [-0.1, -0.05) is 6.07 Å². The molecule has 1 aromatic carbocycles. The number of hydrogen-bond acceptors (Lipinski definition) is 2. The molecule has 0 aliphatic carbocycles. The first kappa shape index (κ1) is 17.2. The number of rotatable bonds is 3. The molecule has 1 aliphatic rings. The molecule has 126 valence electrons. The molecule has 2 rings (SSSR count). The van der Waals surface area contributed by atoms with E-state index < -0.39 is 66.6 Å². The molecule has 23 heavy (non-hydrogen) atoms. The quantitative estimate of drug-likeness (QED) is 0.862. The van der Waals surface area contributed by atoms with Crippen LogP contribution in [0.5, 0.6) is 0 Å². The lowest BCUT2D eigenvalue weighted by molar-refractivity contribution is -0.227. The Morgan fingerprint density at radius 1 is 1.22 bits per heavy atom. The van der Waals surface area contributed by atoms with Crippen LogP contribution in [0.3, 0.4) is 0 Å². The van der Waals surface area contributed by atoms with E-state index >= 15 is 0 Å². The summed E-state index contributed by atoms with van der Waals surface area (Å²) >= 11 is 0. The van der Waals surface area contributed by atoms with Crippen molar-refractivity contribution in [2.45, 2.75) is 19.0 Å². The Morgan fingerprint density at radius 2 is 1.78 bits per heavy atom. The van der Waals surface area contributed by atoms with Crippen LogP contribution in [0.25, 0.3) is 0 Å². The lowest BCUT2D eigenvalue weighted by Crippen LogP contribution is -2.48. The topological polar surface area (TPSA) is 57.6 Å². The highest BCUT2D eigenvalue weighted by Gasteiger charge is 2.64. The second-order valence-corrected chi connectivity index (χ2v) is 5.33. The molecule has 4 nitrogen and oxygen atoms in total. The fourth-order valence-electron chi connectivity index (χ4n) is 2.51. The monoisotopic (exact) mass is 337 g/mol. The molecule has 1 aromatic rings. The summed E-state index contributed by atoms with van der Waals surface area (Å²) in [6, 6.07) is 2.94. The van der Waals surface area contributed by atoms with Crippen molar-refractivity contribution in [3.05, 3.63) is 35.4 Å². The summed E-state index contributed by atoms with van der Waals surface area (Å²) in [7, 11) is 0. The normalized spacial score (nSPS) is 21.5. The Labute approximate surface area is 127 Å². The van der Waals surface area contributed by atoms with Gasteiger partial charge in [0.1, 0.15) is 11.6 Å². The van der Waals surface area contributed by atoms with Crippen LogP contribution >= 0.6 is 0 Å². The van der Waals surface area contributed by atoms with Crippen LogP contribution < -0.4 is 0 Å². The Kier molecular flexibility index (Phi) is 4.32. The molecule has 1 aliphatic heterocycles. The number of amides is 1. The molecule has 1 heterocycles. The first-order chi connectivity index (χ1) is 10.6. The summed E-state index contributed by atoms with van der Waals surface area (Å²) in [5.74, 6) is -5.01. The van der Waals surface area contributed by atoms with Crippen molar-refractivity contribution in [3.8, 4) is 0 Å². The lowest BCUT2D eigenvalue weighted by atomic mass is 9.86. The van der Waals surface area contributed by atoms with Gasteiger partial charge in [-0.2, -0.15) is 13.2 Å². The molecule has 9 heteroatoms. The van der Waals surface area contributed by atoms with Gasteiger partial charge < -0.3 is 10.0 Å². The van der Waals surface area contributed by atoms with Gasteiger partial charge in [-0.15, -0.1) is 0 Å². The molecule has 1 amide bonds. The lowest BCUT2D eigenvalue weighted by Gasteiger charge is -2.27. The molecule has 1 atom stereocenters. The van der Waals surface area contributed by atoms with Gasteiger partial charge in [-0.3, -0.25) is 9.59 Å². The summed E-state index contributed by atoms with van der Waals surface area (Å²) in [6.07, 6.45) is -6.60. The zero-order chi connectivity index (χ0) is 17.4. The minimum absolute atomic E-state index is 0.444. The number of aliphatic carboxylic acids is 1. The average molecular weight is 337 g/mol. The van der Waals surface area contributed by atoms with Crippen LogP contribution in [0.4, 0.5) is 22.0 Å². The van der Waals surface area contributed by atoms with Crippen LogP contribution in [-0.2, 0) is 16.0 Å². The second-order valence-electron chi connectivity index (χ2n) is 5.33. The highest BCUT2D eigenvalue weighted by molar-refractivity contribution is 5.82. The van der Waals surface area contributed by atoms with Gasteiger partial charge >= 0.3 is 12.1 Å². The maximum Gasteiger partial charge on any atom is 0.406 e. The molecule has 1 fully saturated rings. The number of alkyl halides is 3. The van der Waals surface area contributed by atoms with E-state index in [0.29, 0.717) is 4.90 Å². The highest BCUT2D eigenvalue weighted by atomic mass is 19.4. The number of hydrogen-bond donors (Lipinski definition) is 1. The predicted molar refractivity (Wildman–Crippen MR) is 67.4 cm³/mol. The van der Waals surface area contributed by atoms with E-state index in [1.165, 1.54) is 0 Å². The standard InChI is InChI=1S/C14H12F5NO3/c15-9-2-1-3-10(16)8(9)6-11(21)20-5-4-13(7-20,12(22)23)14(17,18)19/h1-3H,4-7H2,(H,22,23). The Hall–Kier alpha value is -2.19. The summed E-state index contributed by atoms with van der Waals surface area (Å²) < 4.78 is 66.0. The molecule has 0 bridgehead atoms. The predicted octanol–water partition coefficient (Wildman–Crippen LogP) is 2.37. The molecule has 0 radical (unpaired) electrons. The number of carbonyl (C=O) groups excluding carboxylic acids is 1. The summed E-state index contributed by atoms with van der Waals surface area (Å²) in [5.41, 5.74) is -3.60. The third-order valence-electron chi connectivity index (χ3n) is 3.96. The van der Waals surface area contributed by atoms with E-state index in [2.05, 4.69) is 0 Å². The fraction of sp³-hybridized carbons (Fsp3) is 0.429. The maximum absolute atomic E-state index is 13.5. The number of nitrogens with zero attached hydrogens (tertiary/aromatic N) is 1. The molecular weight excluding hydrogens is 325 g/mol. The van der Waals surface area contributed by atoms with E-state index in [-0.39, 0.29) is 0 Å². The average Bonchev–Trinajstić information content (AvgIpc) is 2.89. The molecule has 1 N–H and O–H groups in total. The minimum atomic E-state index is -5.03. The van der Waals surface area contributed by atoms with Gasteiger partial charge in [0, 0.05) is 18.7 Å². The fourth-order valence-corrected chi connectivity index (χ4v) is 2.51. The number of benzene rings is 1. The number of carboxylic acids is 1. The molecule has 0 spiro atoms. The molecule has 0 aromatic heterocycles. The van der Waals surface area contributed by atoms with E-state index in [4.69, 9.17) is 5.11 Å². The van der Waals surface area contributed by atoms with Gasteiger partial charge in [0.2, 0.25) is 5.91 Å². The van der Waals surface area contributed by atoms with Gasteiger partial charge in [0.25, 0.3) is 0 Å². The minimum Gasteiger partial charge on any atom is -0.481 e. The molecule has 1 saturated heterocycles. The number of halogens is 5. The summed E-state index contributed by atoms with van der Waals surface area (Å²) in [6.45, 7) is -1.51. The summed E-state index contributed by atoms with van der Waals surface area (Å²) in [5, 5.41) is 8.90. The van der Waals surface area contributed by atoms with Crippen LogP contribution in [0, 0.1) is 17.0 Å². The molecule has 1 unspecified atom stereocenters. The van der Waals surface area contributed by atoms with Gasteiger partial charge in [0.15, 0.2) is 5.41 Å². The maximum atomic E-state index is 13.5. The smallest absolute Gasteiger partial charge is 0.406 e. The van der Waals surface area contributed by atoms with Crippen molar-refractivity contribution in [2.24, 2.45) is 5.41 Å². The van der Waals surface area contributed by atoms with Crippen LogP contribution in [0.15, 0.2) is 18.2 Å². The summed E-state index contributed by atoms with van der Waals surface area (Å²) in [4.78, 5) is 23.7. The van der Waals surface area contributed by atoms with E-state index in [1.54, 1.807) is 0 Å². The first-order valence-electron chi connectivity index (χ1n) is 6.59. The van der Waals surface area contributed by atoms with Crippen LogP contribution in [-0.4, -0.2) is 41.1 Å². The highest BCUT2D eigenvalue weighted by Crippen LogP contribution is 2.45. The first-order valence-corrected chi connectivity index (χ1v) is 6.59. The largest absolute Gasteiger partial charge is 0.481 e. The number of likely N-dealkylation sites (tertiary alicyclic amines) is 1. The van der Waals surface area contributed by atoms with Crippen LogP contribution in [0.2, 0.25) is 0 Å². The van der Waals surface area contributed by atoms with Crippen molar-refractivity contribution in [1.29, 1.82) is 0 Å². The van der Waals surface area contributed by atoms with Crippen molar-refractivity contribution in [3.63, 3.8) is 0 Å². The van der Waals surface area contributed by atoms with Gasteiger partial charge in [0.05, 0.1) is 6.42 Å². The van der Waals surface area contributed by atoms with Gasteiger partial charge in [-0.05, 0) is 18.6 Å². The Balaban J connectivity index is 2.18. The Morgan fingerprint density at radius 3 is 2.22 bits per heavy atom. The van der Waals surface area contributed by atoms with E-state index in [1.807, 2.05) is 0 Å². The molecular formula is C14H12F5NO3. The second kappa shape index (κ2) is 5.78. The van der Waals surface area contributed by atoms with Crippen molar-refractivity contribution < 1.29 is 36.6 Å². The third-order valence-corrected chi connectivity index (χ3v) is 3.96. The zero-order valence-corrected chi connectivity index (χ0v) is 11.7. The number of carbonyl (C=O) groups is 2. The molecule has 0 saturated carbocycles. The SMILES string of the molecule is O=C(Cc1c(F)cccc1F)N1CCC(C(=O)O)(C(F)(F)F)C1. The zero-order valence-electron chi connectivity index (χ0n) is 11.7. The van der Waals surface area contributed by atoms with Crippen molar-refractivity contribution >= 4 is 11.9 Å². The van der Waals surface area contributed by atoms with Gasteiger partial charge in [-0.25, -0.2) is 8.78 Å². The van der Waals surface area contributed by atoms with Crippen molar-refractivity contribution in [2.75, 3.05) is 13.1 Å². The third kappa shape index (κ3) is 2.99. The van der Waals surface area contributed by atoms with E-state index in [0.717, 1.165) is 18.2 Å².